The highest BCUT2D eigenvalue weighted by Gasteiger charge is 2.21. The molecule has 0 saturated carbocycles. The third kappa shape index (κ3) is 8.99. The Morgan fingerprint density at radius 1 is 0.115 bits per heavy atom. The second kappa shape index (κ2) is 22.9. The molecule has 0 aliphatic rings. The molecule has 0 N–H and O–H groups in total. The van der Waals surface area contributed by atoms with Gasteiger partial charge in [-0.1, -0.05) is 255 Å². The van der Waals surface area contributed by atoms with Crippen molar-refractivity contribution in [3.05, 3.63) is 376 Å². The van der Waals surface area contributed by atoms with Gasteiger partial charge in [0, 0.05) is 65.8 Å². The van der Waals surface area contributed by atoms with Crippen molar-refractivity contribution in [2.75, 3.05) is 0 Å². The zero-order valence-electron chi connectivity index (χ0n) is 56.6. The molecule has 23 rings (SSSR count). The highest BCUT2D eigenvalue weighted by atomic mass is 15.0. The average molecular weight is 1320 g/mol. The first-order valence-electron chi connectivity index (χ1n) is 35.9. The summed E-state index contributed by atoms with van der Waals surface area (Å²) in [5, 5.41) is 27.9. The monoisotopic (exact) mass is 1320 g/mol. The summed E-state index contributed by atoms with van der Waals surface area (Å²) in [6.07, 6.45) is 0. The van der Waals surface area contributed by atoms with Crippen molar-refractivity contribution in [1.29, 1.82) is 0 Å². The molecule has 0 fully saturated rings. The van der Waals surface area contributed by atoms with E-state index in [1.54, 1.807) is 0 Å². The van der Waals surface area contributed by atoms with Gasteiger partial charge < -0.3 is 18.3 Å². The average Bonchev–Trinajstić information content (AvgIpc) is 1.57. The molecule has 0 aliphatic carbocycles. The van der Waals surface area contributed by atoms with Gasteiger partial charge in [-0.2, -0.15) is 0 Å². The van der Waals surface area contributed by atoms with E-state index in [9.17, 15) is 0 Å². The van der Waals surface area contributed by atoms with Crippen molar-refractivity contribution in [3.63, 3.8) is 0 Å². The molecule has 0 saturated heterocycles. The fourth-order valence-electron chi connectivity index (χ4n) is 17.5. The second-order valence-corrected chi connectivity index (χ2v) is 27.9. The van der Waals surface area contributed by atoms with E-state index in [0.717, 1.165) is 0 Å². The maximum absolute atomic E-state index is 2.42. The van der Waals surface area contributed by atoms with Gasteiger partial charge in [-0.05, 0) is 219 Å². The lowest BCUT2D eigenvalue weighted by Crippen LogP contribution is -1.94. The van der Waals surface area contributed by atoms with Crippen LogP contribution in [0.15, 0.2) is 376 Å². The molecular weight excluding hydrogens is 1260 g/mol. The summed E-state index contributed by atoms with van der Waals surface area (Å²) in [6, 6.07) is 139. The highest BCUT2D eigenvalue weighted by molar-refractivity contribution is 6.17. The number of hydrogen-bond acceptors (Lipinski definition) is 0. The fourth-order valence-corrected chi connectivity index (χ4v) is 17.5. The number of hydrogen-bond donors (Lipinski definition) is 0. The normalized spacial score (nSPS) is 12.0. The van der Waals surface area contributed by atoms with Gasteiger partial charge in [0.2, 0.25) is 0 Å². The number of benzene rings is 19. The molecule has 4 heterocycles. The smallest absolute Gasteiger partial charge is 0.0541 e. The van der Waals surface area contributed by atoms with Crippen LogP contribution in [0.3, 0.4) is 0 Å². The van der Waals surface area contributed by atoms with Gasteiger partial charge in [0.25, 0.3) is 0 Å². The van der Waals surface area contributed by atoms with Crippen molar-refractivity contribution in [3.8, 4) is 45.0 Å². The number of nitrogens with zero attached hydrogens (tertiary/aromatic N) is 4. The van der Waals surface area contributed by atoms with Gasteiger partial charge in [0.1, 0.15) is 0 Å². The van der Waals surface area contributed by atoms with E-state index in [-0.39, 0.29) is 0 Å². The minimum absolute atomic E-state index is 1.17. The molecule has 0 bridgehead atoms. The Balaban J connectivity index is 0.000000131. The Bertz CT molecular complexity index is 7320. The van der Waals surface area contributed by atoms with E-state index >= 15 is 0 Å². The van der Waals surface area contributed by atoms with Crippen LogP contribution in [-0.4, -0.2) is 18.3 Å². The van der Waals surface area contributed by atoms with Crippen LogP contribution in [0.4, 0.5) is 0 Å². The van der Waals surface area contributed by atoms with Crippen molar-refractivity contribution >= 4 is 163 Å². The molecule has 0 unspecified atom stereocenters. The summed E-state index contributed by atoms with van der Waals surface area (Å²) < 4.78 is 9.67. The molecule has 0 amide bonds. The SMILES string of the molecule is c1ccc2c(c1)ccc1cc(-n3c4ccccc4c4cc(-c5ccc6c(c5)c5ccccc5n6-c5ccc6c(ccc7ccccc76)c5)ccc43)ccc12.c1ccc2cc(-n3c4ccccc4c4cc(-c5ccc6c(c5)c5ccccc5n6-c5ccc6c(ccc7ccccc76)c5)ccc43)ccc2c1. The van der Waals surface area contributed by atoms with Crippen LogP contribution >= 0.6 is 0 Å². The number of rotatable bonds is 6. The summed E-state index contributed by atoms with van der Waals surface area (Å²) in [7, 11) is 0. The predicted octanol–water partition coefficient (Wildman–Crippen LogP) is 27.2. The van der Waals surface area contributed by atoms with Crippen molar-refractivity contribution in [2.45, 2.75) is 0 Å². The lowest BCUT2D eigenvalue weighted by molar-refractivity contribution is 1.18. The van der Waals surface area contributed by atoms with Gasteiger partial charge in [0.05, 0.1) is 44.1 Å². The maximum atomic E-state index is 2.42. The number of aromatic nitrogens is 4. The van der Waals surface area contributed by atoms with Crippen molar-refractivity contribution < 1.29 is 0 Å². The minimum atomic E-state index is 1.17. The van der Waals surface area contributed by atoms with E-state index < -0.39 is 0 Å². The summed E-state index contributed by atoms with van der Waals surface area (Å²) >= 11 is 0. The summed E-state index contributed by atoms with van der Waals surface area (Å²) in [6.45, 7) is 0. The zero-order valence-corrected chi connectivity index (χ0v) is 56.6. The Morgan fingerprint density at radius 3 is 0.644 bits per heavy atom. The van der Waals surface area contributed by atoms with Crippen LogP contribution in [0.2, 0.25) is 0 Å². The molecule has 23 aromatic rings. The quantitative estimate of drug-likeness (QED) is 0.148. The number of fused-ring (bicyclic) bond motifs is 22. The second-order valence-electron chi connectivity index (χ2n) is 27.9. The maximum Gasteiger partial charge on any atom is 0.0541 e. The van der Waals surface area contributed by atoms with Crippen molar-refractivity contribution in [1.82, 2.24) is 18.3 Å². The molecular formula is C100H62N4. The Kier molecular flexibility index (Phi) is 12.8. The molecule has 0 radical (unpaired) electrons. The minimum Gasteiger partial charge on any atom is -0.309 e. The molecule has 0 spiro atoms. The van der Waals surface area contributed by atoms with Crippen LogP contribution in [0.25, 0.3) is 208 Å². The van der Waals surface area contributed by atoms with Crippen LogP contribution in [0.5, 0.6) is 0 Å². The fraction of sp³-hybridized carbons (Fsp3) is 0. The molecule has 4 aromatic heterocycles. The van der Waals surface area contributed by atoms with Crippen LogP contribution in [0, 0.1) is 0 Å². The topological polar surface area (TPSA) is 19.7 Å². The molecule has 4 nitrogen and oxygen atoms in total. The first-order valence-corrected chi connectivity index (χ1v) is 35.9. The third-order valence-corrected chi connectivity index (χ3v) is 22.3. The van der Waals surface area contributed by atoms with Gasteiger partial charge in [-0.3, -0.25) is 0 Å². The lowest BCUT2D eigenvalue weighted by Gasteiger charge is -2.12. The van der Waals surface area contributed by atoms with Crippen LogP contribution < -0.4 is 0 Å². The van der Waals surface area contributed by atoms with E-state index in [1.807, 2.05) is 0 Å². The molecule has 482 valence electrons. The molecule has 0 aliphatic heterocycles. The lowest BCUT2D eigenvalue weighted by atomic mass is 10.0. The molecule has 4 heteroatoms. The zero-order chi connectivity index (χ0) is 68.1. The summed E-state index contributed by atoms with van der Waals surface area (Å²) in [5.74, 6) is 0. The summed E-state index contributed by atoms with van der Waals surface area (Å²) in [4.78, 5) is 0. The van der Waals surface area contributed by atoms with E-state index in [2.05, 4.69) is 394 Å². The van der Waals surface area contributed by atoms with Crippen LogP contribution in [-0.2, 0) is 0 Å². The van der Waals surface area contributed by atoms with Gasteiger partial charge in [-0.15, -0.1) is 0 Å². The standard InChI is InChI=1S/C52H32N2.C48H30N2/c1-3-11-41-33(9-1)17-19-37-29-39(23-25-43(37)41)53-49-15-7-5-13-45(49)47-31-35(21-27-51(47)53)36-22-28-52-48(32-36)46-14-6-8-16-50(46)54(52)40-24-26-44-38(30-40)20-18-34-10-2-4-12-42(34)44;1-2-11-33-27-37(22-19-31(33)9-1)49-45-15-7-5-13-41(45)43-29-34(20-25-47(43)49)35-21-26-48-44(30-35)42-14-6-8-16-46(42)50(48)38-23-24-40-36(28-38)18-17-32-10-3-4-12-39(32)40/h1-32H;1-30H. The Morgan fingerprint density at radius 2 is 0.327 bits per heavy atom. The van der Waals surface area contributed by atoms with Crippen LogP contribution in [0.1, 0.15) is 0 Å². The first kappa shape index (κ1) is 58.0. The van der Waals surface area contributed by atoms with E-state index in [1.165, 1.54) is 208 Å². The van der Waals surface area contributed by atoms with Gasteiger partial charge in [0.15, 0.2) is 0 Å². The van der Waals surface area contributed by atoms with E-state index in [4.69, 9.17) is 0 Å². The van der Waals surface area contributed by atoms with Gasteiger partial charge >= 0.3 is 0 Å². The molecule has 0 atom stereocenters. The largest absolute Gasteiger partial charge is 0.309 e. The molecule has 19 aromatic carbocycles. The summed E-state index contributed by atoms with van der Waals surface area (Å²) in [5.41, 5.74) is 19.3. The predicted molar refractivity (Wildman–Crippen MR) is 444 cm³/mol. The highest BCUT2D eigenvalue weighted by Crippen LogP contribution is 2.43. The number of para-hydroxylation sites is 4. The molecule has 104 heavy (non-hydrogen) atoms. The van der Waals surface area contributed by atoms with Crippen molar-refractivity contribution in [2.24, 2.45) is 0 Å². The first-order chi connectivity index (χ1) is 51.5. The third-order valence-electron chi connectivity index (χ3n) is 22.3. The van der Waals surface area contributed by atoms with Gasteiger partial charge in [-0.25, -0.2) is 0 Å². The Labute approximate surface area is 598 Å². The Hall–Kier alpha value is -13.8. The van der Waals surface area contributed by atoms with E-state index in [0.29, 0.717) is 0 Å².